The third kappa shape index (κ3) is 2.29. The first-order chi connectivity index (χ1) is 7.47. The predicted molar refractivity (Wildman–Crippen MR) is 54.9 cm³/mol. The zero-order valence-electron chi connectivity index (χ0n) is 7.83. The standard InChI is InChI=1S/C9H6F4N2S/c10-8-14-15(5-16-8)7-3-1-2-6(4-7)9(11,12)13/h1-4H,5H2. The largest absolute Gasteiger partial charge is 0.416 e. The van der Waals surface area contributed by atoms with Gasteiger partial charge >= 0.3 is 6.18 Å². The molecule has 0 saturated heterocycles. The van der Waals surface area contributed by atoms with Crippen molar-refractivity contribution in [2.24, 2.45) is 5.10 Å². The van der Waals surface area contributed by atoms with Gasteiger partial charge in [-0.2, -0.15) is 17.6 Å². The molecule has 0 atom stereocenters. The van der Waals surface area contributed by atoms with Gasteiger partial charge in [-0.3, -0.25) is 5.01 Å². The second-order valence-electron chi connectivity index (χ2n) is 3.07. The van der Waals surface area contributed by atoms with E-state index < -0.39 is 17.0 Å². The molecule has 0 spiro atoms. The maximum Gasteiger partial charge on any atom is 0.416 e. The van der Waals surface area contributed by atoms with Gasteiger partial charge in [0.1, 0.15) is 0 Å². The summed E-state index contributed by atoms with van der Waals surface area (Å²) in [5, 5.41) is 4.01. The monoisotopic (exact) mass is 250 g/mol. The van der Waals surface area contributed by atoms with E-state index in [1.807, 2.05) is 0 Å². The van der Waals surface area contributed by atoms with Crippen LogP contribution < -0.4 is 5.01 Å². The fraction of sp³-hybridized carbons (Fsp3) is 0.222. The Balaban J connectivity index is 2.30. The highest BCUT2D eigenvalue weighted by atomic mass is 32.2. The Labute approximate surface area is 92.9 Å². The number of thioether (sulfide) groups is 1. The summed E-state index contributed by atoms with van der Waals surface area (Å²) in [4.78, 5) is 0. The summed E-state index contributed by atoms with van der Waals surface area (Å²) in [5.74, 6) is 0.188. The van der Waals surface area contributed by atoms with Crippen LogP contribution in [0.4, 0.5) is 23.2 Å². The molecule has 0 fully saturated rings. The predicted octanol–water partition coefficient (Wildman–Crippen LogP) is 3.46. The second-order valence-corrected chi connectivity index (χ2v) is 3.96. The van der Waals surface area contributed by atoms with Gasteiger partial charge in [0.05, 0.1) is 17.1 Å². The molecule has 2 nitrogen and oxygen atoms in total. The van der Waals surface area contributed by atoms with Gasteiger partial charge in [-0.05, 0) is 30.0 Å². The number of hydrogen-bond donors (Lipinski definition) is 0. The summed E-state index contributed by atoms with van der Waals surface area (Å²) in [5.41, 5.74) is -0.535. The lowest BCUT2D eigenvalue weighted by Gasteiger charge is -2.14. The van der Waals surface area contributed by atoms with E-state index in [2.05, 4.69) is 5.10 Å². The molecular formula is C9H6F4N2S. The number of alkyl halides is 3. The number of hydrogen-bond acceptors (Lipinski definition) is 3. The van der Waals surface area contributed by atoms with Gasteiger partial charge in [-0.15, -0.1) is 5.10 Å². The van der Waals surface area contributed by atoms with Crippen molar-refractivity contribution >= 4 is 22.7 Å². The molecule has 0 unspecified atom stereocenters. The number of anilines is 1. The summed E-state index contributed by atoms with van der Waals surface area (Å²) in [6.07, 6.45) is -4.40. The van der Waals surface area contributed by atoms with Crippen molar-refractivity contribution in [3.05, 3.63) is 29.8 Å². The minimum Gasteiger partial charge on any atom is -0.252 e. The van der Waals surface area contributed by atoms with Crippen molar-refractivity contribution in [2.75, 3.05) is 10.9 Å². The molecule has 1 aliphatic rings. The van der Waals surface area contributed by atoms with Gasteiger partial charge in [-0.25, -0.2) is 0 Å². The first kappa shape index (κ1) is 11.3. The Hall–Kier alpha value is -1.24. The van der Waals surface area contributed by atoms with Crippen molar-refractivity contribution < 1.29 is 17.6 Å². The maximum atomic E-state index is 12.6. The first-order valence-corrected chi connectivity index (χ1v) is 5.27. The Morgan fingerprint density at radius 3 is 2.62 bits per heavy atom. The highest BCUT2D eigenvalue weighted by Gasteiger charge is 2.31. The molecule has 0 bridgehead atoms. The van der Waals surface area contributed by atoms with E-state index >= 15 is 0 Å². The minimum atomic E-state index is -4.40. The van der Waals surface area contributed by atoms with Gasteiger partial charge < -0.3 is 0 Å². The second kappa shape index (κ2) is 3.97. The first-order valence-electron chi connectivity index (χ1n) is 4.28. The van der Waals surface area contributed by atoms with Crippen molar-refractivity contribution in [3.8, 4) is 0 Å². The van der Waals surface area contributed by atoms with Crippen molar-refractivity contribution in [2.45, 2.75) is 6.18 Å². The summed E-state index contributed by atoms with van der Waals surface area (Å²) >= 11 is 0.842. The minimum absolute atomic E-state index is 0.188. The molecule has 86 valence electrons. The number of hydrazone groups is 1. The van der Waals surface area contributed by atoms with E-state index in [1.54, 1.807) is 0 Å². The maximum absolute atomic E-state index is 12.6. The zero-order valence-corrected chi connectivity index (χ0v) is 8.65. The third-order valence-corrected chi connectivity index (χ3v) is 2.67. The average molecular weight is 250 g/mol. The number of nitrogens with zero attached hydrogens (tertiary/aromatic N) is 2. The molecule has 0 aliphatic carbocycles. The zero-order chi connectivity index (χ0) is 11.8. The third-order valence-electron chi connectivity index (χ3n) is 1.98. The molecular weight excluding hydrogens is 244 g/mol. The van der Waals surface area contributed by atoms with Crippen LogP contribution in [0.25, 0.3) is 0 Å². The molecule has 1 aliphatic heterocycles. The molecule has 0 radical (unpaired) electrons. The van der Waals surface area contributed by atoms with Gasteiger partial charge in [-0.1, -0.05) is 6.07 Å². The molecule has 0 N–H and O–H groups in total. The molecule has 1 aromatic rings. The van der Waals surface area contributed by atoms with E-state index in [0.29, 0.717) is 0 Å². The fourth-order valence-electron chi connectivity index (χ4n) is 1.24. The molecule has 0 saturated carbocycles. The number of benzene rings is 1. The van der Waals surface area contributed by atoms with Gasteiger partial charge in [0, 0.05) is 0 Å². The highest BCUT2D eigenvalue weighted by molar-refractivity contribution is 8.13. The average Bonchev–Trinajstić information content (AvgIpc) is 2.64. The van der Waals surface area contributed by atoms with E-state index in [4.69, 9.17) is 0 Å². The highest BCUT2D eigenvalue weighted by Crippen LogP contribution is 2.33. The van der Waals surface area contributed by atoms with Crippen molar-refractivity contribution in [1.29, 1.82) is 0 Å². The Morgan fingerprint density at radius 1 is 1.31 bits per heavy atom. The van der Waals surface area contributed by atoms with Crippen LogP contribution in [0.2, 0.25) is 0 Å². The lowest BCUT2D eigenvalue weighted by molar-refractivity contribution is -0.137. The van der Waals surface area contributed by atoms with Crippen LogP contribution in [-0.2, 0) is 6.18 Å². The number of halogens is 4. The Bertz CT molecular complexity index is 430. The van der Waals surface area contributed by atoms with E-state index in [1.165, 1.54) is 17.1 Å². The van der Waals surface area contributed by atoms with Crippen LogP contribution in [-0.4, -0.2) is 11.2 Å². The fourth-order valence-corrected chi connectivity index (χ4v) is 1.83. The van der Waals surface area contributed by atoms with Gasteiger partial charge in [0.25, 0.3) is 5.30 Å². The molecule has 1 aromatic carbocycles. The van der Waals surface area contributed by atoms with Crippen LogP contribution in [0.15, 0.2) is 29.4 Å². The lowest BCUT2D eigenvalue weighted by Crippen LogP contribution is -2.12. The normalized spacial score (nSPS) is 16.5. The Morgan fingerprint density at radius 2 is 2.06 bits per heavy atom. The molecule has 7 heteroatoms. The summed E-state index contributed by atoms with van der Waals surface area (Å²) < 4.78 is 49.8. The summed E-state index contributed by atoms with van der Waals surface area (Å²) in [6.45, 7) is 0. The van der Waals surface area contributed by atoms with Crippen LogP contribution in [0.5, 0.6) is 0 Å². The SMILES string of the molecule is FC1=NN(c2cccc(C(F)(F)F)c2)CS1. The molecule has 0 amide bonds. The van der Waals surface area contributed by atoms with Crippen LogP contribution >= 0.6 is 11.8 Å². The van der Waals surface area contributed by atoms with E-state index in [0.717, 1.165) is 23.9 Å². The molecule has 16 heavy (non-hydrogen) atoms. The van der Waals surface area contributed by atoms with Crippen LogP contribution in [0, 0.1) is 0 Å². The number of rotatable bonds is 1. The van der Waals surface area contributed by atoms with Crippen LogP contribution in [0.1, 0.15) is 5.56 Å². The summed E-state index contributed by atoms with van der Waals surface area (Å²) in [7, 11) is 0. The molecule has 2 rings (SSSR count). The van der Waals surface area contributed by atoms with E-state index in [9.17, 15) is 17.6 Å². The van der Waals surface area contributed by atoms with Gasteiger partial charge in [0.2, 0.25) is 0 Å². The van der Waals surface area contributed by atoms with Crippen molar-refractivity contribution in [3.63, 3.8) is 0 Å². The van der Waals surface area contributed by atoms with Crippen LogP contribution in [0.3, 0.4) is 0 Å². The quantitative estimate of drug-likeness (QED) is 0.709. The lowest BCUT2D eigenvalue weighted by atomic mass is 10.2. The smallest absolute Gasteiger partial charge is 0.252 e. The van der Waals surface area contributed by atoms with Gasteiger partial charge in [0.15, 0.2) is 0 Å². The molecule has 0 aromatic heterocycles. The summed E-state index contributed by atoms with van der Waals surface area (Å²) in [6, 6.07) is 4.64. The Kier molecular flexibility index (Phi) is 2.79. The molecule has 1 heterocycles. The van der Waals surface area contributed by atoms with E-state index in [-0.39, 0.29) is 11.6 Å². The topological polar surface area (TPSA) is 15.6 Å². The van der Waals surface area contributed by atoms with Crippen molar-refractivity contribution in [1.82, 2.24) is 0 Å².